The number of aromatic nitrogens is 2. The average molecular weight is 479 g/mol. The van der Waals surface area contributed by atoms with E-state index in [9.17, 15) is 9.59 Å². The molecule has 34 heavy (non-hydrogen) atoms. The molecule has 0 bridgehead atoms. The van der Waals surface area contributed by atoms with Crippen molar-refractivity contribution in [3.8, 4) is 11.4 Å². The van der Waals surface area contributed by atoms with Gasteiger partial charge < -0.3 is 14.3 Å². The maximum atomic E-state index is 13.1. The van der Waals surface area contributed by atoms with Crippen LogP contribution in [0.2, 0.25) is 5.02 Å². The highest BCUT2D eigenvalue weighted by atomic mass is 35.5. The lowest BCUT2D eigenvalue weighted by molar-refractivity contribution is -0.137. The van der Waals surface area contributed by atoms with E-state index in [4.69, 9.17) is 16.1 Å². The molecule has 1 aromatic heterocycles. The molecule has 2 fully saturated rings. The summed E-state index contributed by atoms with van der Waals surface area (Å²) in [5.41, 5.74) is 2.88. The van der Waals surface area contributed by atoms with Gasteiger partial charge in [0, 0.05) is 48.7 Å². The minimum atomic E-state index is -0.275. The predicted molar refractivity (Wildman–Crippen MR) is 129 cm³/mol. The van der Waals surface area contributed by atoms with Gasteiger partial charge in [-0.1, -0.05) is 34.5 Å². The summed E-state index contributed by atoms with van der Waals surface area (Å²) < 4.78 is 5.46. The third kappa shape index (κ3) is 4.85. The van der Waals surface area contributed by atoms with Crippen molar-refractivity contribution in [1.82, 2.24) is 15.0 Å². The standard InChI is InChI=1S/C26H27ClN4O3/c1-17-2-8-22(9-3-17)31-16-20(15-24(31)32)26(33)30-12-10-18(11-13-30)14-23-28-25(29-34-23)19-4-6-21(27)7-5-19/h2-9,18,20H,10-16H2,1H3/t20-/m1/s1. The Labute approximate surface area is 203 Å². The molecule has 0 spiro atoms. The number of piperidine rings is 1. The van der Waals surface area contributed by atoms with Crippen LogP contribution in [0.3, 0.4) is 0 Å². The number of likely N-dealkylation sites (tertiary alicyclic amines) is 1. The van der Waals surface area contributed by atoms with Crippen molar-refractivity contribution in [3.05, 3.63) is 65.0 Å². The van der Waals surface area contributed by atoms with E-state index >= 15 is 0 Å². The molecule has 3 heterocycles. The highest BCUT2D eigenvalue weighted by molar-refractivity contribution is 6.30. The van der Waals surface area contributed by atoms with Crippen molar-refractivity contribution in [3.63, 3.8) is 0 Å². The Hall–Kier alpha value is -3.19. The van der Waals surface area contributed by atoms with Crippen molar-refractivity contribution < 1.29 is 14.1 Å². The lowest BCUT2D eigenvalue weighted by Gasteiger charge is -2.33. The monoisotopic (exact) mass is 478 g/mol. The topological polar surface area (TPSA) is 79.5 Å². The van der Waals surface area contributed by atoms with E-state index in [1.807, 2.05) is 48.2 Å². The molecule has 176 valence electrons. The first-order valence-electron chi connectivity index (χ1n) is 11.7. The Balaban J connectivity index is 1.13. The molecule has 2 aromatic carbocycles. The first-order valence-corrected chi connectivity index (χ1v) is 12.1. The lowest BCUT2D eigenvalue weighted by Crippen LogP contribution is -2.42. The first-order chi connectivity index (χ1) is 16.5. The summed E-state index contributed by atoms with van der Waals surface area (Å²) in [6.07, 6.45) is 2.74. The second-order valence-electron chi connectivity index (χ2n) is 9.23. The zero-order valence-electron chi connectivity index (χ0n) is 19.1. The quantitative estimate of drug-likeness (QED) is 0.538. The molecule has 0 aliphatic carbocycles. The minimum Gasteiger partial charge on any atom is -0.342 e. The molecular weight excluding hydrogens is 452 g/mol. The Morgan fingerprint density at radius 2 is 1.79 bits per heavy atom. The molecule has 8 heteroatoms. The molecular formula is C26H27ClN4O3. The maximum Gasteiger partial charge on any atom is 0.228 e. The first kappa shape index (κ1) is 22.6. The van der Waals surface area contributed by atoms with Crippen LogP contribution in [0.15, 0.2) is 53.1 Å². The van der Waals surface area contributed by atoms with Gasteiger partial charge in [-0.3, -0.25) is 9.59 Å². The van der Waals surface area contributed by atoms with E-state index in [1.54, 1.807) is 17.0 Å². The number of hydrogen-bond acceptors (Lipinski definition) is 5. The smallest absolute Gasteiger partial charge is 0.228 e. The van der Waals surface area contributed by atoms with Crippen molar-refractivity contribution in [2.75, 3.05) is 24.5 Å². The highest BCUT2D eigenvalue weighted by Gasteiger charge is 2.38. The third-order valence-electron chi connectivity index (χ3n) is 6.78. The molecule has 7 nitrogen and oxygen atoms in total. The summed E-state index contributed by atoms with van der Waals surface area (Å²) in [4.78, 5) is 33.9. The number of amides is 2. The Morgan fingerprint density at radius 1 is 1.09 bits per heavy atom. The Morgan fingerprint density at radius 3 is 2.50 bits per heavy atom. The van der Waals surface area contributed by atoms with Crippen LogP contribution in [0.25, 0.3) is 11.4 Å². The van der Waals surface area contributed by atoms with Crippen molar-refractivity contribution in [1.29, 1.82) is 0 Å². The van der Waals surface area contributed by atoms with Gasteiger partial charge in [-0.15, -0.1) is 0 Å². The number of halogens is 1. The summed E-state index contributed by atoms with van der Waals surface area (Å²) in [5.74, 6) is 1.39. The van der Waals surface area contributed by atoms with Crippen molar-refractivity contribution >= 4 is 29.1 Å². The largest absolute Gasteiger partial charge is 0.342 e. The molecule has 3 aromatic rings. The average Bonchev–Trinajstić information content (AvgIpc) is 3.47. The van der Waals surface area contributed by atoms with Gasteiger partial charge in [-0.05, 0) is 62.1 Å². The van der Waals surface area contributed by atoms with Crippen LogP contribution < -0.4 is 4.90 Å². The SMILES string of the molecule is Cc1ccc(N2C[C@H](C(=O)N3CCC(Cc4nc(-c5ccc(Cl)cc5)no4)CC3)CC2=O)cc1. The van der Waals surface area contributed by atoms with Crippen LogP contribution in [-0.2, 0) is 16.0 Å². The third-order valence-corrected chi connectivity index (χ3v) is 7.03. The lowest BCUT2D eigenvalue weighted by atomic mass is 9.92. The summed E-state index contributed by atoms with van der Waals surface area (Å²) in [6.45, 7) is 3.85. The van der Waals surface area contributed by atoms with Gasteiger partial charge in [0.15, 0.2) is 0 Å². The summed E-state index contributed by atoms with van der Waals surface area (Å²) >= 11 is 5.94. The predicted octanol–water partition coefficient (Wildman–Crippen LogP) is 4.53. The molecule has 2 amide bonds. The number of carbonyl (C=O) groups is 2. The molecule has 1 atom stereocenters. The second kappa shape index (κ2) is 9.58. The minimum absolute atomic E-state index is 0.0185. The van der Waals surface area contributed by atoms with Crippen LogP contribution in [0.1, 0.15) is 30.7 Å². The van der Waals surface area contributed by atoms with E-state index in [-0.39, 0.29) is 24.2 Å². The van der Waals surface area contributed by atoms with Gasteiger partial charge in [0.1, 0.15) is 0 Å². The van der Waals surface area contributed by atoms with Gasteiger partial charge in [0.25, 0.3) is 0 Å². The van der Waals surface area contributed by atoms with Gasteiger partial charge in [-0.25, -0.2) is 0 Å². The van der Waals surface area contributed by atoms with E-state index in [0.717, 1.165) is 29.7 Å². The van der Waals surface area contributed by atoms with Crippen LogP contribution in [-0.4, -0.2) is 46.5 Å². The number of aryl methyl sites for hydroxylation is 1. The maximum absolute atomic E-state index is 13.1. The summed E-state index contributed by atoms with van der Waals surface area (Å²) in [6, 6.07) is 15.2. The number of carbonyl (C=O) groups excluding carboxylic acids is 2. The number of anilines is 1. The fourth-order valence-corrected chi connectivity index (χ4v) is 4.89. The molecule has 0 unspecified atom stereocenters. The van der Waals surface area contributed by atoms with Crippen molar-refractivity contribution in [2.45, 2.75) is 32.6 Å². The molecule has 0 N–H and O–H groups in total. The van der Waals surface area contributed by atoms with E-state index < -0.39 is 0 Å². The van der Waals surface area contributed by atoms with Gasteiger partial charge in [0.2, 0.25) is 23.5 Å². The van der Waals surface area contributed by atoms with E-state index in [2.05, 4.69) is 10.1 Å². The molecule has 2 aliphatic heterocycles. The highest BCUT2D eigenvalue weighted by Crippen LogP contribution is 2.29. The zero-order valence-corrected chi connectivity index (χ0v) is 19.9. The van der Waals surface area contributed by atoms with Crippen LogP contribution in [0.5, 0.6) is 0 Å². The molecule has 2 aliphatic rings. The fourth-order valence-electron chi connectivity index (χ4n) is 4.76. The Kier molecular flexibility index (Phi) is 6.37. The molecule has 2 saturated heterocycles. The van der Waals surface area contributed by atoms with Gasteiger partial charge in [-0.2, -0.15) is 4.98 Å². The van der Waals surface area contributed by atoms with Gasteiger partial charge in [0.05, 0.1) is 5.92 Å². The molecule has 5 rings (SSSR count). The normalized spacial score (nSPS) is 19.1. The number of hydrogen-bond donors (Lipinski definition) is 0. The molecule has 0 saturated carbocycles. The fraction of sp³-hybridized carbons (Fsp3) is 0.385. The summed E-state index contributed by atoms with van der Waals surface area (Å²) in [5, 5.41) is 4.76. The van der Waals surface area contributed by atoms with E-state index in [0.29, 0.717) is 48.7 Å². The zero-order chi connectivity index (χ0) is 23.7. The molecule has 0 radical (unpaired) electrons. The number of benzene rings is 2. The number of nitrogens with zero attached hydrogens (tertiary/aromatic N) is 4. The van der Waals surface area contributed by atoms with Crippen LogP contribution >= 0.6 is 11.6 Å². The van der Waals surface area contributed by atoms with E-state index in [1.165, 1.54) is 0 Å². The number of rotatable bonds is 5. The summed E-state index contributed by atoms with van der Waals surface area (Å²) in [7, 11) is 0. The second-order valence-corrected chi connectivity index (χ2v) is 9.67. The van der Waals surface area contributed by atoms with Crippen molar-refractivity contribution in [2.24, 2.45) is 11.8 Å². The van der Waals surface area contributed by atoms with Crippen LogP contribution in [0, 0.1) is 18.8 Å². The van der Waals surface area contributed by atoms with Gasteiger partial charge >= 0.3 is 0 Å². The Bertz CT molecular complexity index is 1170. The van der Waals surface area contributed by atoms with Crippen LogP contribution in [0.4, 0.5) is 5.69 Å².